The summed E-state index contributed by atoms with van der Waals surface area (Å²) in [7, 11) is 0. The molecule has 1 rings (SSSR count). The highest BCUT2D eigenvalue weighted by atomic mass is 32.1. The molecule has 1 aromatic rings. The van der Waals surface area contributed by atoms with Gasteiger partial charge in [-0.1, -0.05) is 45.0 Å². The monoisotopic (exact) mass is 255 g/mol. The van der Waals surface area contributed by atoms with Crippen molar-refractivity contribution < 1.29 is 0 Å². The normalized spacial score (nSPS) is 14.8. The molecule has 0 amide bonds. The van der Waals surface area contributed by atoms with Crippen molar-refractivity contribution in [1.29, 1.82) is 0 Å². The van der Waals surface area contributed by atoms with E-state index in [0.29, 0.717) is 6.04 Å². The number of aryl methyl sites for hydroxylation is 1. The van der Waals surface area contributed by atoms with Gasteiger partial charge in [0.2, 0.25) is 0 Å². The van der Waals surface area contributed by atoms with Gasteiger partial charge in [0.05, 0.1) is 10.6 Å². The second kappa shape index (κ2) is 7.77. The molecule has 0 aliphatic heterocycles. The smallest absolute Gasteiger partial charge is 0.0803 e. The van der Waals surface area contributed by atoms with Crippen molar-refractivity contribution in [3.8, 4) is 0 Å². The number of hydrogen-bond acceptors (Lipinski definition) is 4. The zero-order valence-electron chi connectivity index (χ0n) is 11.5. The molecular formula is C13H25N3S. The van der Waals surface area contributed by atoms with E-state index in [2.05, 4.69) is 42.6 Å². The van der Waals surface area contributed by atoms with Crippen LogP contribution in [-0.2, 0) is 6.42 Å². The largest absolute Gasteiger partial charge is 0.309 e. The Labute approximate surface area is 109 Å². The van der Waals surface area contributed by atoms with Gasteiger partial charge in [-0.3, -0.25) is 0 Å². The van der Waals surface area contributed by atoms with Gasteiger partial charge in [-0.15, -0.1) is 5.10 Å². The summed E-state index contributed by atoms with van der Waals surface area (Å²) in [4.78, 5) is 1.36. The molecule has 3 nitrogen and oxygen atoms in total. The van der Waals surface area contributed by atoms with Crippen LogP contribution < -0.4 is 5.32 Å². The van der Waals surface area contributed by atoms with Crippen molar-refractivity contribution in [3.63, 3.8) is 0 Å². The lowest BCUT2D eigenvalue weighted by Crippen LogP contribution is -2.23. The van der Waals surface area contributed by atoms with Crippen LogP contribution in [0.3, 0.4) is 0 Å². The zero-order chi connectivity index (χ0) is 12.7. The fraction of sp³-hybridized carbons (Fsp3) is 0.846. The summed E-state index contributed by atoms with van der Waals surface area (Å²) in [6, 6.07) is 0.441. The van der Waals surface area contributed by atoms with Crippen molar-refractivity contribution in [2.45, 2.75) is 59.4 Å². The van der Waals surface area contributed by atoms with Crippen LogP contribution in [-0.4, -0.2) is 16.1 Å². The molecule has 0 aliphatic rings. The number of nitrogens with zero attached hydrogens (tertiary/aromatic N) is 2. The Morgan fingerprint density at radius 1 is 1.29 bits per heavy atom. The van der Waals surface area contributed by atoms with Gasteiger partial charge in [-0.25, -0.2) is 0 Å². The molecule has 1 N–H and O–H groups in total. The molecule has 0 saturated carbocycles. The number of hydrogen-bond donors (Lipinski definition) is 1. The van der Waals surface area contributed by atoms with Crippen molar-refractivity contribution in [3.05, 3.63) is 10.6 Å². The Kier molecular flexibility index (Phi) is 6.66. The van der Waals surface area contributed by atoms with Crippen molar-refractivity contribution in [1.82, 2.24) is 14.9 Å². The van der Waals surface area contributed by atoms with Crippen LogP contribution in [0.4, 0.5) is 0 Å². The molecule has 0 aliphatic carbocycles. The molecule has 0 spiro atoms. The average molecular weight is 255 g/mol. The highest BCUT2D eigenvalue weighted by Gasteiger charge is 2.19. The summed E-state index contributed by atoms with van der Waals surface area (Å²) >= 11 is 1.57. The van der Waals surface area contributed by atoms with Crippen LogP contribution in [0, 0.1) is 5.92 Å². The van der Waals surface area contributed by atoms with E-state index < -0.39 is 0 Å². The first-order valence-corrected chi connectivity index (χ1v) is 7.54. The molecule has 1 heterocycles. The minimum Gasteiger partial charge on any atom is -0.309 e. The van der Waals surface area contributed by atoms with E-state index >= 15 is 0 Å². The molecule has 0 bridgehead atoms. The Morgan fingerprint density at radius 2 is 2.06 bits per heavy atom. The van der Waals surface area contributed by atoms with Crippen LogP contribution >= 0.6 is 11.5 Å². The van der Waals surface area contributed by atoms with Crippen LogP contribution in [0.2, 0.25) is 0 Å². The van der Waals surface area contributed by atoms with Crippen molar-refractivity contribution >= 4 is 11.5 Å². The van der Waals surface area contributed by atoms with Crippen LogP contribution in [0.25, 0.3) is 0 Å². The fourth-order valence-electron chi connectivity index (χ4n) is 1.99. The molecule has 98 valence electrons. The summed E-state index contributed by atoms with van der Waals surface area (Å²) in [5.74, 6) is 0.746. The Balaban J connectivity index is 2.77. The van der Waals surface area contributed by atoms with Gasteiger partial charge in [0.1, 0.15) is 0 Å². The summed E-state index contributed by atoms with van der Waals surface area (Å²) in [5, 5.41) is 7.85. The number of aromatic nitrogens is 2. The van der Waals surface area contributed by atoms with Gasteiger partial charge in [-0.05, 0) is 36.8 Å². The lowest BCUT2D eigenvalue weighted by Gasteiger charge is -2.20. The number of rotatable bonds is 8. The zero-order valence-corrected chi connectivity index (χ0v) is 12.3. The molecule has 2 atom stereocenters. The van der Waals surface area contributed by atoms with Gasteiger partial charge >= 0.3 is 0 Å². The van der Waals surface area contributed by atoms with Crippen LogP contribution in [0.5, 0.6) is 0 Å². The molecular weight excluding hydrogens is 230 g/mol. The third-order valence-electron chi connectivity index (χ3n) is 3.17. The van der Waals surface area contributed by atoms with E-state index in [4.69, 9.17) is 0 Å². The molecule has 4 heteroatoms. The lowest BCUT2D eigenvalue weighted by molar-refractivity contribution is 0.410. The van der Waals surface area contributed by atoms with E-state index in [1.807, 2.05) is 0 Å². The first-order chi connectivity index (χ1) is 8.22. The number of nitrogens with one attached hydrogen (secondary N) is 1. The summed E-state index contributed by atoms with van der Waals surface area (Å²) in [6.07, 6.45) is 4.61. The van der Waals surface area contributed by atoms with E-state index in [-0.39, 0.29) is 0 Å². The fourth-order valence-corrected chi connectivity index (χ4v) is 2.77. The van der Waals surface area contributed by atoms with E-state index in [0.717, 1.165) is 25.3 Å². The first kappa shape index (κ1) is 14.6. The van der Waals surface area contributed by atoms with E-state index in [1.54, 1.807) is 11.5 Å². The average Bonchev–Trinajstić information content (AvgIpc) is 2.77. The molecule has 0 fully saturated rings. The van der Waals surface area contributed by atoms with Gasteiger partial charge in [0.15, 0.2) is 0 Å². The van der Waals surface area contributed by atoms with Gasteiger partial charge in [-0.2, -0.15) is 0 Å². The highest BCUT2D eigenvalue weighted by molar-refractivity contribution is 7.05. The maximum Gasteiger partial charge on any atom is 0.0803 e. The lowest BCUT2D eigenvalue weighted by atomic mass is 9.97. The topological polar surface area (TPSA) is 37.8 Å². The highest BCUT2D eigenvalue weighted by Crippen LogP contribution is 2.28. The predicted molar refractivity (Wildman–Crippen MR) is 74.4 cm³/mol. The van der Waals surface area contributed by atoms with Crippen LogP contribution in [0.1, 0.15) is 63.6 Å². The Hall–Kier alpha value is -0.480. The van der Waals surface area contributed by atoms with Crippen molar-refractivity contribution in [2.75, 3.05) is 6.54 Å². The van der Waals surface area contributed by atoms with Crippen molar-refractivity contribution in [2.24, 2.45) is 5.92 Å². The van der Waals surface area contributed by atoms with Gasteiger partial charge in [0.25, 0.3) is 0 Å². The second-order valence-corrected chi connectivity index (χ2v) is 5.48. The molecule has 0 saturated heterocycles. The molecule has 0 radical (unpaired) electrons. The standard InChI is InChI=1S/C13H25N3S/c1-5-8-11-13(17-16-15-11)12(14-7-3)9-10(4)6-2/h10,12,14H,5-9H2,1-4H3. The minimum atomic E-state index is 0.441. The van der Waals surface area contributed by atoms with Gasteiger partial charge in [0, 0.05) is 6.04 Å². The van der Waals surface area contributed by atoms with Gasteiger partial charge < -0.3 is 5.32 Å². The first-order valence-electron chi connectivity index (χ1n) is 6.77. The second-order valence-electron chi connectivity index (χ2n) is 4.69. The Morgan fingerprint density at radius 3 is 2.65 bits per heavy atom. The summed E-state index contributed by atoms with van der Waals surface area (Å²) in [6.45, 7) is 9.94. The predicted octanol–water partition coefficient (Wildman–Crippen LogP) is 3.58. The minimum absolute atomic E-state index is 0.441. The molecule has 1 aromatic heterocycles. The summed E-state index contributed by atoms with van der Waals surface area (Å²) in [5.41, 5.74) is 1.20. The maximum absolute atomic E-state index is 4.27. The Bertz CT molecular complexity index is 311. The maximum atomic E-state index is 4.27. The third kappa shape index (κ3) is 4.36. The van der Waals surface area contributed by atoms with Crippen LogP contribution in [0.15, 0.2) is 0 Å². The SMILES string of the molecule is CCCc1nnsc1C(CC(C)CC)NCC. The quantitative estimate of drug-likeness (QED) is 0.771. The van der Waals surface area contributed by atoms with E-state index in [9.17, 15) is 0 Å². The van der Waals surface area contributed by atoms with E-state index in [1.165, 1.54) is 23.4 Å². The molecule has 0 aromatic carbocycles. The molecule has 2 unspecified atom stereocenters. The molecule has 17 heavy (non-hydrogen) atoms. The summed E-state index contributed by atoms with van der Waals surface area (Å²) < 4.78 is 4.13. The third-order valence-corrected chi connectivity index (χ3v) is 4.05.